The van der Waals surface area contributed by atoms with E-state index in [0.717, 1.165) is 10.0 Å². The van der Waals surface area contributed by atoms with Crippen LogP contribution in [0.2, 0.25) is 0 Å². The lowest BCUT2D eigenvalue weighted by Crippen LogP contribution is -2.38. The number of amides is 1. The van der Waals surface area contributed by atoms with Crippen LogP contribution < -0.4 is 5.32 Å². The lowest BCUT2D eigenvalue weighted by molar-refractivity contribution is -0.118. The maximum atomic E-state index is 11.6. The average Bonchev–Trinajstić information content (AvgIpc) is 2.83. The molecule has 1 fully saturated rings. The Morgan fingerprint density at radius 1 is 1.67 bits per heavy atom. The molecule has 8 heteroatoms. The SMILES string of the molecule is Cc1csc(SCC(=O)NC2CCCS2(=O)=O)n1. The number of thiazole rings is 1. The molecule has 1 saturated heterocycles. The topological polar surface area (TPSA) is 76.1 Å². The maximum absolute atomic E-state index is 11.6. The van der Waals surface area contributed by atoms with E-state index in [-0.39, 0.29) is 17.4 Å². The fourth-order valence-electron chi connectivity index (χ4n) is 1.70. The van der Waals surface area contributed by atoms with Gasteiger partial charge in [0.25, 0.3) is 0 Å². The summed E-state index contributed by atoms with van der Waals surface area (Å²) in [6.07, 6.45) is 1.15. The molecule has 0 aromatic carbocycles. The summed E-state index contributed by atoms with van der Waals surface area (Å²) < 4.78 is 23.9. The summed E-state index contributed by atoms with van der Waals surface area (Å²) in [6.45, 7) is 1.89. The second kappa shape index (κ2) is 5.58. The number of nitrogens with one attached hydrogen (secondary N) is 1. The van der Waals surface area contributed by atoms with Gasteiger partial charge in [0.15, 0.2) is 14.2 Å². The van der Waals surface area contributed by atoms with Crippen molar-refractivity contribution >= 4 is 38.8 Å². The molecule has 2 rings (SSSR count). The second-order valence-electron chi connectivity index (χ2n) is 4.11. The van der Waals surface area contributed by atoms with Gasteiger partial charge in [0.1, 0.15) is 5.37 Å². The van der Waals surface area contributed by atoms with Gasteiger partial charge < -0.3 is 5.32 Å². The molecule has 1 aliphatic rings. The summed E-state index contributed by atoms with van der Waals surface area (Å²) >= 11 is 2.82. The van der Waals surface area contributed by atoms with Crippen molar-refractivity contribution in [2.45, 2.75) is 29.5 Å². The van der Waals surface area contributed by atoms with E-state index in [1.54, 1.807) is 0 Å². The van der Waals surface area contributed by atoms with Crippen LogP contribution in [0.5, 0.6) is 0 Å². The fraction of sp³-hybridized carbons (Fsp3) is 0.600. The summed E-state index contributed by atoms with van der Waals surface area (Å²) in [5.41, 5.74) is 0.932. The molecule has 1 aromatic rings. The lowest BCUT2D eigenvalue weighted by Gasteiger charge is -2.11. The molecule has 2 heterocycles. The van der Waals surface area contributed by atoms with Crippen LogP contribution in [0.15, 0.2) is 9.72 Å². The van der Waals surface area contributed by atoms with Crippen LogP contribution in [0.3, 0.4) is 0 Å². The molecule has 18 heavy (non-hydrogen) atoms. The monoisotopic (exact) mass is 306 g/mol. The largest absolute Gasteiger partial charge is 0.339 e. The lowest BCUT2D eigenvalue weighted by atomic mass is 10.3. The van der Waals surface area contributed by atoms with Gasteiger partial charge in [-0.2, -0.15) is 0 Å². The van der Waals surface area contributed by atoms with Gasteiger partial charge in [-0.25, -0.2) is 13.4 Å². The van der Waals surface area contributed by atoms with Crippen molar-refractivity contribution < 1.29 is 13.2 Å². The predicted molar refractivity (Wildman–Crippen MR) is 72.5 cm³/mol. The molecule has 1 N–H and O–H groups in total. The Labute approximate surface area is 114 Å². The Balaban J connectivity index is 1.82. The molecule has 0 bridgehead atoms. The number of sulfone groups is 1. The van der Waals surface area contributed by atoms with Gasteiger partial charge >= 0.3 is 0 Å². The third kappa shape index (κ3) is 3.46. The van der Waals surface area contributed by atoms with E-state index in [1.807, 2.05) is 12.3 Å². The summed E-state index contributed by atoms with van der Waals surface area (Å²) in [6, 6.07) is 0. The molecule has 5 nitrogen and oxygen atoms in total. The van der Waals surface area contributed by atoms with Crippen molar-refractivity contribution in [1.82, 2.24) is 10.3 Å². The number of aryl methyl sites for hydroxylation is 1. The first kappa shape index (κ1) is 13.8. The third-order valence-electron chi connectivity index (χ3n) is 2.58. The van der Waals surface area contributed by atoms with Crippen LogP contribution in [0.1, 0.15) is 18.5 Å². The first-order valence-electron chi connectivity index (χ1n) is 5.53. The smallest absolute Gasteiger partial charge is 0.231 e. The van der Waals surface area contributed by atoms with Gasteiger partial charge in [0, 0.05) is 11.1 Å². The number of thioether (sulfide) groups is 1. The molecule has 1 aromatic heterocycles. The van der Waals surface area contributed by atoms with E-state index in [0.29, 0.717) is 12.8 Å². The van der Waals surface area contributed by atoms with Crippen LogP contribution in [0.4, 0.5) is 0 Å². The van der Waals surface area contributed by atoms with Crippen molar-refractivity contribution in [1.29, 1.82) is 0 Å². The van der Waals surface area contributed by atoms with Crippen molar-refractivity contribution in [2.75, 3.05) is 11.5 Å². The maximum Gasteiger partial charge on any atom is 0.231 e. The zero-order chi connectivity index (χ0) is 13.2. The predicted octanol–water partition coefficient (Wildman–Crippen LogP) is 1.19. The Morgan fingerprint density at radius 3 is 3.00 bits per heavy atom. The number of hydrogen-bond donors (Lipinski definition) is 1. The van der Waals surface area contributed by atoms with Gasteiger partial charge in [-0.15, -0.1) is 11.3 Å². The van der Waals surface area contributed by atoms with Crippen LogP contribution >= 0.6 is 23.1 Å². The summed E-state index contributed by atoms with van der Waals surface area (Å²) in [7, 11) is -3.12. The number of carbonyl (C=O) groups excluding carboxylic acids is 1. The molecule has 0 saturated carbocycles. The Hall–Kier alpha value is -0.600. The van der Waals surface area contributed by atoms with Crippen molar-refractivity contribution in [3.05, 3.63) is 11.1 Å². The Kier molecular flexibility index (Phi) is 4.29. The van der Waals surface area contributed by atoms with Gasteiger partial charge in [0.2, 0.25) is 5.91 Å². The molecule has 1 atom stereocenters. The van der Waals surface area contributed by atoms with Crippen LogP contribution in [0, 0.1) is 6.92 Å². The summed E-state index contributed by atoms with van der Waals surface area (Å²) in [5.74, 6) is 0.138. The Morgan fingerprint density at radius 2 is 2.44 bits per heavy atom. The highest BCUT2D eigenvalue weighted by Gasteiger charge is 2.32. The van der Waals surface area contributed by atoms with Crippen LogP contribution in [-0.2, 0) is 14.6 Å². The average molecular weight is 306 g/mol. The zero-order valence-corrected chi connectivity index (χ0v) is 12.3. The van der Waals surface area contributed by atoms with E-state index < -0.39 is 15.2 Å². The standard InChI is InChI=1S/C10H14N2O3S3/c1-7-5-16-10(11-7)17-6-8(13)12-9-3-2-4-18(9,14)15/h5,9H,2-4,6H2,1H3,(H,12,13). The quantitative estimate of drug-likeness (QED) is 0.846. The van der Waals surface area contributed by atoms with Crippen molar-refractivity contribution in [3.63, 3.8) is 0 Å². The van der Waals surface area contributed by atoms with Crippen LogP contribution in [0.25, 0.3) is 0 Å². The molecular formula is C10H14N2O3S3. The fourth-order valence-corrected chi connectivity index (χ4v) is 5.05. The third-order valence-corrected chi connectivity index (χ3v) is 6.79. The van der Waals surface area contributed by atoms with E-state index in [4.69, 9.17) is 0 Å². The number of hydrogen-bond acceptors (Lipinski definition) is 6. The molecule has 1 unspecified atom stereocenters. The molecular weight excluding hydrogens is 292 g/mol. The highest BCUT2D eigenvalue weighted by Crippen LogP contribution is 2.22. The molecule has 0 radical (unpaired) electrons. The van der Waals surface area contributed by atoms with Gasteiger partial charge in [-0.1, -0.05) is 11.8 Å². The summed E-state index contributed by atoms with van der Waals surface area (Å²) in [5, 5.41) is 3.80. The van der Waals surface area contributed by atoms with Crippen molar-refractivity contribution in [3.8, 4) is 0 Å². The van der Waals surface area contributed by atoms with Crippen molar-refractivity contribution in [2.24, 2.45) is 0 Å². The van der Waals surface area contributed by atoms with Gasteiger partial charge in [0.05, 0.1) is 11.5 Å². The van der Waals surface area contributed by atoms with Crippen LogP contribution in [-0.4, -0.2) is 36.2 Å². The number of nitrogens with zero attached hydrogens (tertiary/aromatic N) is 1. The second-order valence-corrected chi connectivity index (χ2v) is 8.49. The Bertz CT molecular complexity index is 538. The van der Waals surface area contributed by atoms with Gasteiger partial charge in [-0.3, -0.25) is 4.79 Å². The minimum atomic E-state index is -3.12. The van der Waals surface area contributed by atoms with E-state index in [9.17, 15) is 13.2 Å². The highest BCUT2D eigenvalue weighted by molar-refractivity contribution is 8.01. The summed E-state index contributed by atoms with van der Waals surface area (Å²) in [4.78, 5) is 15.9. The number of rotatable bonds is 4. The molecule has 0 spiro atoms. The van der Waals surface area contributed by atoms with E-state index >= 15 is 0 Å². The normalized spacial score (nSPS) is 21.9. The molecule has 0 aliphatic carbocycles. The van der Waals surface area contributed by atoms with Gasteiger partial charge in [-0.05, 0) is 19.8 Å². The first-order valence-corrected chi connectivity index (χ1v) is 9.11. The minimum absolute atomic E-state index is 0.177. The number of aromatic nitrogens is 1. The molecule has 1 aliphatic heterocycles. The minimum Gasteiger partial charge on any atom is -0.339 e. The highest BCUT2D eigenvalue weighted by atomic mass is 32.2. The zero-order valence-electron chi connectivity index (χ0n) is 9.88. The number of carbonyl (C=O) groups is 1. The molecule has 100 valence electrons. The first-order chi connectivity index (χ1) is 8.47. The molecule has 1 amide bonds. The van der Waals surface area contributed by atoms with E-state index in [1.165, 1.54) is 23.1 Å². The van der Waals surface area contributed by atoms with E-state index in [2.05, 4.69) is 10.3 Å².